The average Bonchev–Trinajstić information content (AvgIpc) is 2.54. The molecule has 0 spiro atoms. The van der Waals surface area contributed by atoms with Gasteiger partial charge in [-0.2, -0.15) is 0 Å². The van der Waals surface area contributed by atoms with Gasteiger partial charge in [-0.05, 0) is 30.5 Å². The zero-order valence-corrected chi connectivity index (χ0v) is 10.2. The zero-order chi connectivity index (χ0) is 11.1. The van der Waals surface area contributed by atoms with Crippen LogP contribution in [0.2, 0.25) is 0 Å². The summed E-state index contributed by atoms with van der Waals surface area (Å²) in [5.74, 6) is 2.48. The minimum atomic E-state index is 0.561. The lowest BCUT2D eigenvalue weighted by Gasteiger charge is -2.24. The van der Waals surface area contributed by atoms with Crippen molar-refractivity contribution < 1.29 is 0 Å². The molecule has 0 radical (unpaired) electrons. The predicted octanol–water partition coefficient (Wildman–Crippen LogP) is 3.58. The van der Waals surface area contributed by atoms with Crippen LogP contribution in [0.5, 0.6) is 0 Å². The van der Waals surface area contributed by atoms with Crippen molar-refractivity contribution in [2.75, 3.05) is 0 Å². The number of fused-ring (bicyclic) bond motifs is 1. The number of hydrogen-bond donors (Lipinski definition) is 0. The molecule has 0 unspecified atom stereocenters. The molecular formula is C13H15ClN2. The van der Waals surface area contributed by atoms with E-state index in [-0.39, 0.29) is 0 Å². The van der Waals surface area contributed by atoms with Gasteiger partial charge in [-0.25, -0.2) is 4.98 Å². The number of aryl methyl sites for hydroxylation is 1. The summed E-state index contributed by atoms with van der Waals surface area (Å²) in [5, 5.41) is 0. The van der Waals surface area contributed by atoms with Crippen molar-refractivity contribution >= 4 is 22.6 Å². The van der Waals surface area contributed by atoms with Gasteiger partial charge in [0.05, 0.1) is 11.0 Å². The van der Waals surface area contributed by atoms with Crippen molar-refractivity contribution in [2.24, 2.45) is 7.05 Å². The number of benzene rings is 1. The van der Waals surface area contributed by atoms with Crippen LogP contribution < -0.4 is 0 Å². The van der Waals surface area contributed by atoms with E-state index >= 15 is 0 Å². The van der Waals surface area contributed by atoms with Crippen LogP contribution >= 0.6 is 11.6 Å². The highest BCUT2D eigenvalue weighted by atomic mass is 35.5. The highest BCUT2D eigenvalue weighted by Crippen LogP contribution is 2.36. The van der Waals surface area contributed by atoms with E-state index < -0.39 is 0 Å². The minimum absolute atomic E-state index is 0.561. The number of halogens is 1. The van der Waals surface area contributed by atoms with Crippen molar-refractivity contribution in [2.45, 2.75) is 31.1 Å². The molecule has 1 aromatic heterocycles. The van der Waals surface area contributed by atoms with E-state index in [2.05, 4.69) is 29.8 Å². The largest absolute Gasteiger partial charge is 0.331 e. The Hall–Kier alpha value is -1.02. The van der Waals surface area contributed by atoms with E-state index in [0.29, 0.717) is 11.8 Å². The fourth-order valence-electron chi connectivity index (χ4n) is 2.38. The smallest absolute Gasteiger partial charge is 0.112 e. The summed E-state index contributed by atoms with van der Waals surface area (Å²) < 4.78 is 2.23. The van der Waals surface area contributed by atoms with Gasteiger partial charge in [0.1, 0.15) is 5.82 Å². The summed E-state index contributed by atoms with van der Waals surface area (Å²) in [5.41, 5.74) is 3.45. The first-order valence-corrected chi connectivity index (χ1v) is 6.34. The monoisotopic (exact) mass is 234 g/mol. The third kappa shape index (κ3) is 1.44. The molecule has 1 fully saturated rings. The SMILES string of the molecule is Cn1c(C2CCC2)nc2cc(CCl)ccc21. The fraction of sp³-hybridized carbons (Fsp3) is 0.462. The summed E-state index contributed by atoms with van der Waals surface area (Å²) in [4.78, 5) is 4.75. The molecule has 0 bridgehead atoms. The van der Waals surface area contributed by atoms with Gasteiger partial charge in [0, 0.05) is 18.8 Å². The minimum Gasteiger partial charge on any atom is -0.331 e. The highest BCUT2D eigenvalue weighted by Gasteiger charge is 2.24. The lowest BCUT2D eigenvalue weighted by Crippen LogP contribution is -2.13. The predicted molar refractivity (Wildman–Crippen MR) is 66.9 cm³/mol. The Morgan fingerprint density at radius 3 is 2.88 bits per heavy atom. The number of nitrogens with zero attached hydrogens (tertiary/aromatic N) is 2. The summed E-state index contributed by atoms with van der Waals surface area (Å²) in [6, 6.07) is 6.31. The van der Waals surface area contributed by atoms with Crippen molar-refractivity contribution in [3.8, 4) is 0 Å². The second-order valence-corrected chi connectivity index (χ2v) is 4.88. The number of imidazole rings is 1. The van der Waals surface area contributed by atoms with Gasteiger partial charge in [0.15, 0.2) is 0 Å². The van der Waals surface area contributed by atoms with Crippen LogP contribution in [0.15, 0.2) is 18.2 Å². The van der Waals surface area contributed by atoms with Gasteiger partial charge >= 0.3 is 0 Å². The Kier molecular flexibility index (Phi) is 2.40. The molecule has 0 aliphatic heterocycles. The first-order chi connectivity index (χ1) is 7.79. The number of rotatable bonds is 2. The molecule has 3 heteroatoms. The number of aromatic nitrogens is 2. The molecule has 0 amide bonds. The van der Waals surface area contributed by atoms with Gasteiger partial charge in [0.25, 0.3) is 0 Å². The Morgan fingerprint density at radius 2 is 2.25 bits per heavy atom. The summed E-state index contributed by atoms with van der Waals surface area (Å²) in [6.45, 7) is 0. The van der Waals surface area contributed by atoms with E-state index in [1.54, 1.807) is 0 Å². The molecular weight excluding hydrogens is 220 g/mol. The summed E-state index contributed by atoms with van der Waals surface area (Å²) in [6.07, 6.45) is 3.93. The Morgan fingerprint density at radius 1 is 1.44 bits per heavy atom. The maximum atomic E-state index is 5.84. The van der Waals surface area contributed by atoms with E-state index in [0.717, 1.165) is 11.1 Å². The van der Waals surface area contributed by atoms with Crippen molar-refractivity contribution in [1.29, 1.82) is 0 Å². The maximum absolute atomic E-state index is 5.84. The quantitative estimate of drug-likeness (QED) is 0.727. The van der Waals surface area contributed by atoms with Crippen LogP contribution in [-0.4, -0.2) is 9.55 Å². The van der Waals surface area contributed by atoms with Crippen LogP contribution in [0.1, 0.15) is 36.6 Å². The Bertz CT molecular complexity index is 526. The molecule has 1 aliphatic carbocycles. The van der Waals surface area contributed by atoms with Crippen molar-refractivity contribution in [3.05, 3.63) is 29.6 Å². The number of hydrogen-bond acceptors (Lipinski definition) is 1. The topological polar surface area (TPSA) is 17.8 Å². The number of alkyl halides is 1. The molecule has 1 saturated carbocycles. The fourth-order valence-corrected chi connectivity index (χ4v) is 2.54. The second kappa shape index (κ2) is 3.77. The maximum Gasteiger partial charge on any atom is 0.112 e. The lowest BCUT2D eigenvalue weighted by molar-refractivity contribution is 0.395. The van der Waals surface area contributed by atoms with Gasteiger partial charge in [0.2, 0.25) is 0 Å². The van der Waals surface area contributed by atoms with Gasteiger partial charge < -0.3 is 4.57 Å². The normalized spacial score (nSPS) is 16.6. The average molecular weight is 235 g/mol. The first-order valence-electron chi connectivity index (χ1n) is 5.81. The van der Waals surface area contributed by atoms with Crippen LogP contribution in [0.4, 0.5) is 0 Å². The molecule has 3 rings (SSSR count). The molecule has 0 atom stereocenters. The molecule has 0 N–H and O–H groups in total. The molecule has 1 heterocycles. The highest BCUT2D eigenvalue weighted by molar-refractivity contribution is 6.17. The molecule has 2 aromatic rings. The van der Waals surface area contributed by atoms with Crippen LogP contribution in [0.3, 0.4) is 0 Å². The standard InChI is InChI=1S/C13H15ClN2/c1-16-12-6-5-9(8-14)7-11(12)15-13(16)10-3-2-4-10/h5-7,10H,2-4,8H2,1H3. The second-order valence-electron chi connectivity index (χ2n) is 4.61. The Labute approximate surface area is 100 Å². The molecule has 0 saturated heterocycles. The molecule has 84 valence electrons. The van der Waals surface area contributed by atoms with Crippen molar-refractivity contribution in [3.63, 3.8) is 0 Å². The summed E-state index contributed by atoms with van der Waals surface area (Å²) in [7, 11) is 2.11. The lowest BCUT2D eigenvalue weighted by atomic mass is 9.85. The van der Waals surface area contributed by atoms with E-state index in [9.17, 15) is 0 Å². The molecule has 2 nitrogen and oxygen atoms in total. The van der Waals surface area contributed by atoms with Crippen molar-refractivity contribution in [1.82, 2.24) is 9.55 Å². The van der Waals surface area contributed by atoms with E-state index in [4.69, 9.17) is 16.6 Å². The molecule has 1 aliphatic rings. The van der Waals surface area contributed by atoms with E-state index in [1.165, 1.54) is 30.6 Å². The van der Waals surface area contributed by atoms with Crippen LogP contribution in [0.25, 0.3) is 11.0 Å². The first kappa shape index (κ1) is 10.2. The zero-order valence-electron chi connectivity index (χ0n) is 9.41. The third-order valence-electron chi connectivity index (χ3n) is 3.60. The van der Waals surface area contributed by atoms with Crippen LogP contribution in [0, 0.1) is 0 Å². The van der Waals surface area contributed by atoms with Gasteiger partial charge in [-0.1, -0.05) is 12.5 Å². The van der Waals surface area contributed by atoms with Gasteiger partial charge in [-0.15, -0.1) is 11.6 Å². The third-order valence-corrected chi connectivity index (χ3v) is 3.91. The molecule has 1 aromatic carbocycles. The van der Waals surface area contributed by atoms with Crippen LogP contribution in [-0.2, 0) is 12.9 Å². The van der Waals surface area contributed by atoms with E-state index in [1.807, 2.05) is 0 Å². The molecule has 16 heavy (non-hydrogen) atoms. The Balaban J connectivity index is 2.13. The summed E-state index contributed by atoms with van der Waals surface area (Å²) >= 11 is 5.84. The van der Waals surface area contributed by atoms with Gasteiger partial charge in [-0.3, -0.25) is 0 Å².